The van der Waals surface area contributed by atoms with E-state index in [1.54, 1.807) is 23.9 Å². The second-order valence-corrected chi connectivity index (χ2v) is 4.69. The van der Waals surface area contributed by atoms with Gasteiger partial charge in [-0.1, -0.05) is 19.8 Å². The van der Waals surface area contributed by atoms with Crippen LogP contribution in [0.4, 0.5) is 0 Å². The normalized spacial score (nSPS) is 12.7. The lowest BCUT2D eigenvalue weighted by Gasteiger charge is -2.09. The lowest BCUT2D eigenvalue weighted by molar-refractivity contribution is 0.186. The van der Waals surface area contributed by atoms with E-state index < -0.39 is 0 Å². The smallest absolute Gasteiger partial charge is 0.115 e. The van der Waals surface area contributed by atoms with Crippen LogP contribution < -0.4 is 0 Å². The Labute approximate surface area is 95.3 Å². The molecule has 0 aliphatic carbocycles. The molecule has 0 radical (unpaired) electrons. The highest BCUT2D eigenvalue weighted by Crippen LogP contribution is 2.22. The molecule has 1 rings (SSSR count). The lowest BCUT2D eigenvalue weighted by Crippen LogP contribution is -2.09. The van der Waals surface area contributed by atoms with Crippen molar-refractivity contribution < 1.29 is 10.2 Å². The number of aromatic hydroxyl groups is 1. The summed E-state index contributed by atoms with van der Waals surface area (Å²) in [5, 5.41) is 18.7. The Kier molecular flexibility index (Phi) is 5.58. The van der Waals surface area contributed by atoms with Crippen molar-refractivity contribution >= 4 is 11.8 Å². The van der Waals surface area contributed by atoms with Crippen LogP contribution in [0.1, 0.15) is 26.2 Å². The number of phenols is 1. The minimum Gasteiger partial charge on any atom is -0.508 e. The molecule has 0 saturated carbocycles. The summed E-state index contributed by atoms with van der Waals surface area (Å²) in [4.78, 5) is 1.09. The SMILES string of the molecule is CCCCC(O)CSc1ccc(O)cc1. The quantitative estimate of drug-likeness (QED) is 0.732. The standard InChI is InChI=1S/C12H18O2S/c1-2-3-4-11(14)9-15-12-7-5-10(13)6-8-12/h5-8,11,13-14H,2-4,9H2,1H3. The summed E-state index contributed by atoms with van der Waals surface area (Å²) in [5.74, 6) is 1.01. The molecule has 2 N–H and O–H groups in total. The van der Waals surface area contributed by atoms with Gasteiger partial charge in [-0.05, 0) is 30.7 Å². The molecule has 0 aromatic heterocycles. The summed E-state index contributed by atoms with van der Waals surface area (Å²) in [6.45, 7) is 2.12. The van der Waals surface area contributed by atoms with E-state index in [-0.39, 0.29) is 11.9 Å². The van der Waals surface area contributed by atoms with E-state index in [1.807, 2.05) is 12.1 Å². The van der Waals surface area contributed by atoms with Crippen LogP contribution in [-0.2, 0) is 0 Å². The summed E-state index contributed by atoms with van der Waals surface area (Å²) < 4.78 is 0. The Balaban J connectivity index is 2.27. The third kappa shape index (κ3) is 5.09. The molecular formula is C12H18O2S. The van der Waals surface area contributed by atoms with Crippen molar-refractivity contribution in [2.24, 2.45) is 0 Å². The maximum atomic E-state index is 9.63. The molecule has 2 nitrogen and oxygen atoms in total. The number of aliphatic hydroxyl groups is 1. The van der Waals surface area contributed by atoms with Gasteiger partial charge in [0.15, 0.2) is 0 Å². The van der Waals surface area contributed by atoms with Gasteiger partial charge in [-0.3, -0.25) is 0 Å². The van der Waals surface area contributed by atoms with E-state index in [1.165, 1.54) is 0 Å². The van der Waals surface area contributed by atoms with Crippen molar-refractivity contribution in [1.29, 1.82) is 0 Å². The highest BCUT2D eigenvalue weighted by Gasteiger charge is 2.04. The van der Waals surface area contributed by atoms with Crippen LogP contribution in [0.25, 0.3) is 0 Å². The number of aliphatic hydroxyl groups excluding tert-OH is 1. The topological polar surface area (TPSA) is 40.5 Å². The molecule has 0 fully saturated rings. The summed E-state index contributed by atoms with van der Waals surface area (Å²) in [5.41, 5.74) is 0. The molecule has 0 saturated heterocycles. The molecule has 1 aromatic rings. The van der Waals surface area contributed by atoms with E-state index in [0.29, 0.717) is 0 Å². The van der Waals surface area contributed by atoms with Gasteiger partial charge in [-0.2, -0.15) is 0 Å². The predicted octanol–water partition coefficient (Wildman–Crippen LogP) is 3.04. The first kappa shape index (κ1) is 12.4. The largest absolute Gasteiger partial charge is 0.508 e. The predicted molar refractivity (Wildman–Crippen MR) is 64.4 cm³/mol. The van der Waals surface area contributed by atoms with E-state index in [2.05, 4.69) is 6.92 Å². The van der Waals surface area contributed by atoms with Gasteiger partial charge in [0.2, 0.25) is 0 Å². The minimum absolute atomic E-state index is 0.219. The van der Waals surface area contributed by atoms with Crippen molar-refractivity contribution in [2.75, 3.05) is 5.75 Å². The van der Waals surface area contributed by atoms with Crippen molar-refractivity contribution in [3.8, 4) is 5.75 Å². The van der Waals surface area contributed by atoms with E-state index in [0.717, 1.165) is 29.9 Å². The number of hydrogen-bond donors (Lipinski definition) is 2. The first-order chi connectivity index (χ1) is 7.22. The van der Waals surface area contributed by atoms with Crippen molar-refractivity contribution in [3.05, 3.63) is 24.3 Å². The fourth-order valence-corrected chi connectivity index (χ4v) is 2.14. The minimum atomic E-state index is -0.219. The molecule has 0 amide bonds. The van der Waals surface area contributed by atoms with Gasteiger partial charge in [-0.25, -0.2) is 0 Å². The van der Waals surface area contributed by atoms with Crippen LogP contribution in [0, 0.1) is 0 Å². The van der Waals surface area contributed by atoms with Crippen LogP contribution in [0.15, 0.2) is 29.2 Å². The summed E-state index contributed by atoms with van der Waals surface area (Å²) in [6.07, 6.45) is 2.86. The zero-order valence-corrected chi connectivity index (χ0v) is 9.83. The third-order valence-electron chi connectivity index (χ3n) is 2.17. The van der Waals surface area contributed by atoms with Gasteiger partial charge in [0.1, 0.15) is 5.75 Å². The Morgan fingerprint density at radius 1 is 1.27 bits per heavy atom. The van der Waals surface area contributed by atoms with Gasteiger partial charge >= 0.3 is 0 Å². The molecule has 1 unspecified atom stereocenters. The van der Waals surface area contributed by atoms with Crippen molar-refractivity contribution in [2.45, 2.75) is 37.2 Å². The van der Waals surface area contributed by atoms with E-state index in [9.17, 15) is 5.11 Å². The highest BCUT2D eigenvalue weighted by atomic mass is 32.2. The molecule has 0 heterocycles. The summed E-state index contributed by atoms with van der Waals surface area (Å²) in [6, 6.07) is 7.07. The van der Waals surface area contributed by atoms with Crippen LogP contribution in [0.2, 0.25) is 0 Å². The third-order valence-corrected chi connectivity index (χ3v) is 3.33. The average Bonchev–Trinajstić information content (AvgIpc) is 2.25. The van der Waals surface area contributed by atoms with Gasteiger partial charge in [-0.15, -0.1) is 11.8 Å². The number of hydrogen-bond acceptors (Lipinski definition) is 3. The second-order valence-electron chi connectivity index (χ2n) is 3.60. The zero-order chi connectivity index (χ0) is 11.1. The number of unbranched alkanes of at least 4 members (excludes halogenated alkanes) is 1. The molecule has 0 aliphatic heterocycles. The first-order valence-electron chi connectivity index (χ1n) is 5.32. The average molecular weight is 226 g/mol. The monoisotopic (exact) mass is 226 g/mol. The van der Waals surface area contributed by atoms with Gasteiger partial charge < -0.3 is 10.2 Å². The van der Waals surface area contributed by atoms with Crippen molar-refractivity contribution in [3.63, 3.8) is 0 Å². The van der Waals surface area contributed by atoms with Gasteiger partial charge in [0, 0.05) is 10.6 Å². The van der Waals surface area contributed by atoms with Crippen LogP contribution >= 0.6 is 11.8 Å². The molecule has 0 bridgehead atoms. The second kappa shape index (κ2) is 6.75. The molecule has 0 spiro atoms. The molecule has 0 aliphatic rings. The van der Waals surface area contributed by atoms with E-state index in [4.69, 9.17) is 5.11 Å². The van der Waals surface area contributed by atoms with Crippen LogP contribution in [-0.4, -0.2) is 22.1 Å². The summed E-state index contributed by atoms with van der Waals surface area (Å²) in [7, 11) is 0. The number of rotatable bonds is 6. The maximum absolute atomic E-state index is 9.63. The molecule has 3 heteroatoms. The number of phenolic OH excluding ortho intramolecular Hbond substituents is 1. The number of thioether (sulfide) groups is 1. The Morgan fingerprint density at radius 3 is 2.53 bits per heavy atom. The first-order valence-corrected chi connectivity index (χ1v) is 6.31. The molecular weight excluding hydrogens is 208 g/mol. The fourth-order valence-electron chi connectivity index (χ4n) is 1.26. The van der Waals surface area contributed by atoms with E-state index >= 15 is 0 Å². The Morgan fingerprint density at radius 2 is 1.93 bits per heavy atom. The highest BCUT2D eigenvalue weighted by molar-refractivity contribution is 7.99. The van der Waals surface area contributed by atoms with Gasteiger partial charge in [0.25, 0.3) is 0 Å². The lowest BCUT2D eigenvalue weighted by atomic mass is 10.2. The summed E-state index contributed by atoms with van der Waals surface area (Å²) >= 11 is 1.63. The molecule has 15 heavy (non-hydrogen) atoms. The van der Waals surface area contributed by atoms with Crippen molar-refractivity contribution in [1.82, 2.24) is 0 Å². The Bertz CT molecular complexity index is 271. The fraction of sp³-hybridized carbons (Fsp3) is 0.500. The van der Waals surface area contributed by atoms with Crippen LogP contribution in [0.5, 0.6) is 5.75 Å². The van der Waals surface area contributed by atoms with Gasteiger partial charge in [0.05, 0.1) is 6.10 Å². The zero-order valence-electron chi connectivity index (χ0n) is 9.02. The molecule has 84 valence electrons. The van der Waals surface area contributed by atoms with Crippen LogP contribution in [0.3, 0.4) is 0 Å². The number of benzene rings is 1. The molecule has 1 aromatic carbocycles. The molecule has 1 atom stereocenters. The Hall–Kier alpha value is -0.670. The maximum Gasteiger partial charge on any atom is 0.115 e.